The van der Waals surface area contributed by atoms with Gasteiger partial charge in [-0.15, -0.1) is 0 Å². The van der Waals surface area contributed by atoms with Crippen molar-refractivity contribution in [3.63, 3.8) is 0 Å². The maximum absolute atomic E-state index is 13.4. The number of nitro groups is 1. The van der Waals surface area contributed by atoms with Crippen molar-refractivity contribution in [1.29, 1.82) is 0 Å². The number of rotatable bonds is 3. The molecule has 0 radical (unpaired) electrons. The van der Waals surface area contributed by atoms with Crippen molar-refractivity contribution in [2.75, 3.05) is 31.1 Å². The highest BCUT2D eigenvalue weighted by atomic mass is 35.5. The van der Waals surface area contributed by atoms with E-state index in [0.717, 1.165) is 17.8 Å². The molecule has 9 heteroatoms. The van der Waals surface area contributed by atoms with E-state index in [4.69, 9.17) is 11.6 Å². The Labute approximate surface area is 152 Å². The van der Waals surface area contributed by atoms with E-state index in [0.29, 0.717) is 26.2 Å². The predicted octanol–water partition coefficient (Wildman–Crippen LogP) is 3.49. The standard InChI is InChI=1S/C17H14ClF2N3O3/c18-14-10-16(20)15(19)9-13(14)17(24)22-7-5-21(6-8-22)11-1-3-12(4-2-11)23(25)26/h1-4,9-10H,5-8H2. The van der Waals surface area contributed by atoms with Crippen molar-refractivity contribution >= 4 is 28.9 Å². The van der Waals surface area contributed by atoms with Gasteiger partial charge in [0.25, 0.3) is 11.6 Å². The molecule has 2 aromatic carbocycles. The van der Waals surface area contributed by atoms with Crippen LogP contribution in [0.3, 0.4) is 0 Å². The van der Waals surface area contributed by atoms with E-state index in [1.165, 1.54) is 17.0 Å². The lowest BCUT2D eigenvalue weighted by molar-refractivity contribution is -0.384. The minimum Gasteiger partial charge on any atom is -0.368 e. The quantitative estimate of drug-likeness (QED) is 0.463. The molecule has 0 aliphatic carbocycles. The first kappa shape index (κ1) is 18.1. The molecule has 1 saturated heterocycles. The lowest BCUT2D eigenvalue weighted by atomic mass is 10.1. The van der Waals surface area contributed by atoms with Crippen LogP contribution in [0.1, 0.15) is 10.4 Å². The zero-order valence-corrected chi connectivity index (χ0v) is 14.2. The number of non-ortho nitro benzene ring substituents is 1. The Morgan fingerprint density at radius 2 is 1.62 bits per heavy atom. The molecule has 0 bridgehead atoms. The molecule has 6 nitrogen and oxygen atoms in total. The Balaban J connectivity index is 1.67. The third kappa shape index (κ3) is 3.60. The lowest BCUT2D eigenvalue weighted by Crippen LogP contribution is -2.48. The van der Waals surface area contributed by atoms with Crippen molar-refractivity contribution in [3.8, 4) is 0 Å². The largest absolute Gasteiger partial charge is 0.368 e. The molecule has 1 fully saturated rings. The fraction of sp³-hybridized carbons (Fsp3) is 0.235. The van der Waals surface area contributed by atoms with Crippen molar-refractivity contribution in [2.24, 2.45) is 0 Å². The van der Waals surface area contributed by atoms with Crippen LogP contribution >= 0.6 is 11.6 Å². The van der Waals surface area contributed by atoms with Crippen LogP contribution in [0, 0.1) is 21.7 Å². The van der Waals surface area contributed by atoms with E-state index in [1.807, 2.05) is 4.90 Å². The fourth-order valence-corrected chi connectivity index (χ4v) is 3.04. The number of carbonyl (C=O) groups excluding carboxylic acids is 1. The summed E-state index contributed by atoms with van der Waals surface area (Å²) in [5, 5.41) is 10.6. The summed E-state index contributed by atoms with van der Waals surface area (Å²) in [5.41, 5.74) is 0.749. The molecular formula is C17H14ClF2N3O3. The summed E-state index contributed by atoms with van der Waals surface area (Å²) in [6.07, 6.45) is 0. The molecule has 136 valence electrons. The molecule has 1 aliphatic heterocycles. The van der Waals surface area contributed by atoms with Gasteiger partial charge in [0.1, 0.15) is 0 Å². The highest BCUT2D eigenvalue weighted by Crippen LogP contribution is 2.24. The van der Waals surface area contributed by atoms with Gasteiger partial charge in [-0.25, -0.2) is 8.78 Å². The van der Waals surface area contributed by atoms with Gasteiger partial charge in [-0.2, -0.15) is 0 Å². The van der Waals surface area contributed by atoms with Gasteiger partial charge in [-0.05, 0) is 24.3 Å². The number of amides is 1. The van der Waals surface area contributed by atoms with E-state index in [1.54, 1.807) is 12.1 Å². The number of halogens is 3. The Bertz CT molecular complexity index is 853. The maximum atomic E-state index is 13.4. The first-order valence-electron chi connectivity index (χ1n) is 7.80. The Kier molecular flexibility index (Phi) is 5.03. The molecule has 3 rings (SSSR count). The van der Waals surface area contributed by atoms with E-state index < -0.39 is 22.5 Å². The number of nitrogens with zero attached hydrogens (tertiary/aromatic N) is 3. The van der Waals surface area contributed by atoms with Crippen LogP contribution in [0.2, 0.25) is 5.02 Å². The van der Waals surface area contributed by atoms with Crippen LogP contribution in [-0.4, -0.2) is 41.9 Å². The summed E-state index contributed by atoms with van der Waals surface area (Å²) in [7, 11) is 0. The smallest absolute Gasteiger partial charge is 0.269 e. The average molecular weight is 382 g/mol. The van der Waals surface area contributed by atoms with Gasteiger partial charge < -0.3 is 9.80 Å². The summed E-state index contributed by atoms with van der Waals surface area (Å²) in [4.78, 5) is 26.2. The minimum atomic E-state index is -1.12. The number of hydrogen-bond donors (Lipinski definition) is 0. The van der Waals surface area contributed by atoms with Gasteiger partial charge in [0.15, 0.2) is 11.6 Å². The van der Waals surface area contributed by atoms with Crippen LogP contribution in [0.25, 0.3) is 0 Å². The second-order valence-corrected chi connectivity index (χ2v) is 6.21. The number of anilines is 1. The molecule has 1 heterocycles. The fourth-order valence-electron chi connectivity index (χ4n) is 2.81. The van der Waals surface area contributed by atoms with Crippen molar-refractivity contribution in [1.82, 2.24) is 4.90 Å². The molecule has 26 heavy (non-hydrogen) atoms. The second kappa shape index (κ2) is 7.25. The van der Waals surface area contributed by atoms with E-state index in [9.17, 15) is 23.7 Å². The van der Waals surface area contributed by atoms with Gasteiger partial charge in [0, 0.05) is 44.0 Å². The third-order valence-electron chi connectivity index (χ3n) is 4.23. The molecule has 1 aliphatic rings. The van der Waals surface area contributed by atoms with Crippen LogP contribution in [0.4, 0.5) is 20.2 Å². The first-order chi connectivity index (χ1) is 12.4. The summed E-state index contributed by atoms with van der Waals surface area (Å²) in [6.45, 7) is 1.74. The zero-order valence-electron chi connectivity index (χ0n) is 13.5. The molecule has 0 saturated carbocycles. The maximum Gasteiger partial charge on any atom is 0.269 e. The molecule has 2 aromatic rings. The molecule has 0 N–H and O–H groups in total. The monoisotopic (exact) mass is 381 g/mol. The van der Waals surface area contributed by atoms with Crippen LogP contribution in [-0.2, 0) is 0 Å². The lowest BCUT2D eigenvalue weighted by Gasteiger charge is -2.36. The number of benzene rings is 2. The Morgan fingerprint density at radius 3 is 2.19 bits per heavy atom. The molecule has 0 aromatic heterocycles. The summed E-state index contributed by atoms with van der Waals surface area (Å²) >= 11 is 5.86. The van der Waals surface area contributed by atoms with Gasteiger partial charge in [-0.1, -0.05) is 11.6 Å². The second-order valence-electron chi connectivity index (χ2n) is 5.80. The number of hydrogen-bond acceptors (Lipinski definition) is 4. The molecule has 0 atom stereocenters. The zero-order chi connectivity index (χ0) is 18.8. The van der Waals surface area contributed by atoms with Gasteiger partial charge in [0.2, 0.25) is 0 Å². The SMILES string of the molecule is O=C(c1cc(F)c(F)cc1Cl)N1CCN(c2ccc([N+](=O)[O-])cc2)CC1. The van der Waals surface area contributed by atoms with Gasteiger partial charge >= 0.3 is 0 Å². The summed E-state index contributed by atoms with van der Waals surface area (Å²) in [6, 6.07) is 7.76. The Hall–Kier alpha value is -2.74. The predicted molar refractivity (Wildman–Crippen MR) is 92.6 cm³/mol. The highest BCUT2D eigenvalue weighted by molar-refractivity contribution is 6.33. The Morgan fingerprint density at radius 1 is 1.04 bits per heavy atom. The minimum absolute atomic E-state index is 0.00976. The number of piperazine rings is 1. The first-order valence-corrected chi connectivity index (χ1v) is 8.18. The van der Waals surface area contributed by atoms with E-state index in [2.05, 4.69) is 0 Å². The highest BCUT2D eigenvalue weighted by Gasteiger charge is 2.25. The van der Waals surface area contributed by atoms with Gasteiger partial charge in [0.05, 0.1) is 15.5 Å². The van der Waals surface area contributed by atoms with Crippen molar-refractivity contribution in [3.05, 3.63) is 68.7 Å². The third-order valence-corrected chi connectivity index (χ3v) is 4.55. The topological polar surface area (TPSA) is 66.7 Å². The normalized spacial score (nSPS) is 14.4. The molecular weight excluding hydrogens is 368 g/mol. The van der Waals surface area contributed by atoms with Gasteiger partial charge in [-0.3, -0.25) is 14.9 Å². The van der Waals surface area contributed by atoms with E-state index in [-0.39, 0.29) is 16.3 Å². The number of nitro benzene ring substituents is 1. The molecule has 1 amide bonds. The average Bonchev–Trinajstić information content (AvgIpc) is 2.64. The molecule has 0 unspecified atom stereocenters. The summed E-state index contributed by atoms with van der Waals surface area (Å²) in [5.74, 6) is -2.69. The van der Waals surface area contributed by atoms with Crippen molar-refractivity contribution in [2.45, 2.75) is 0 Å². The van der Waals surface area contributed by atoms with Crippen LogP contribution in [0.15, 0.2) is 36.4 Å². The van der Waals surface area contributed by atoms with Crippen LogP contribution in [0.5, 0.6) is 0 Å². The van der Waals surface area contributed by atoms with Crippen molar-refractivity contribution < 1.29 is 18.5 Å². The molecule has 0 spiro atoms. The summed E-state index contributed by atoms with van der Waals surface area (Å²) < 4.78 is 26.5. The van der Waals surface area contributed by atoms with Crippen LogP contribution < -0.4 is 4.90 Å². The number of carbonyl (C=O) groups is 1. The van der Waals surface area contributed by atoms with E-state index >= 15 is 0 Å².